The number of nitrogens with zero attached hydrogens (tertiary/aromatic N) is 1. The molecule has 0 aromatic heterocycles. The number of hydrogen-bond acceptors (Lipinski definition) is 0. The van der Waals surface area contributed by atoms with Crippen LogP contribution in [0.5, 0.6) is 0 Å². The molecule has 0 aromatic carbocycles. The van der Waals surface area contributed by atoms with E-state index >= 15 is 0 Å². The summed E-state index contributed by atoms with van der Waals surface area (Å²) in [5, 5.41) is 4.21. The molecule has 0 unspecified atom stereocenters. The molecule has 0 heterocycles. The molecular weight excluding hydrogens is 134 g/mol. The van der Waals surface area contributed by atoms with E-state index in [1.807, 2.05) is 12.3 Å². The lowest BCUT2D eigenvalue weighted by Gasteiger charge is -1.96. The second-order valence-corrected chi connectivity index (χ2v) is 2.64. The highest BCUT2D eigenvalue weighted by Crippen LogP contribution is 1.97. The lowest BCUT2D eigenvalue weighted by atomic mass is 10.2. The lowest BCUT2D eigenvalue weighted by Crippen LogP contribution is -1.97. The average Bonchev–Trinajstić information content (AvgIpc) is 2.03. The molecule has 0 aromatic rings. The van der Waals surface area contributed by atoms with Gasteiger partial charge in [-0.1, -0.05) is 32.3 Å². The fraction of sp³-hybridized carbons (Fsp3) is 0.700. The van der Waals surface area contributed by atoms with E-state index in [1.54, 1.807) is 0 Å². The third-order valence-corrected chi connectivity index (χ3v) is 1.52. The Kier molecular flexibility index (Phi) is 9.14. The first kappa shape index (κ1) is 10.5. The third kappa shape index (κ3) is 9.54. The Morgan fingerprint density at radius 2 is 2.09 bits per heavy atom. The molecule has 0 fully saturated rings. The van der Waals surface area contributed by atoms with E-state index in [0.29, 0.717) is 0 Å². The first-order valence-corrected chi connectivity index (χ1v) is 4.52. The molecule has 0 aliphatic rings. The van der Waals surface area contributed by atoms with Gasteiger partial charge in [0, 0.05) is 12.7 Å². The van der Waals surface area contributed by atoms with Gasteiger partial charge in [-0.05, 0) is 19.8 Å². The summed E-state index contributed by atoms with van der Waals surface area (Å²) in [4.78, 5) is 0. The van der Waals surface area contributed by atoms with Gasteiger partial charge in [0.25, 0.3) is 0 Å². The Labute approximate surface area is 70.9 Å². The molecule has 0 aliphatic carbocycles. The van der Waals surface area contributed by atoms with E-state index in [0.717, 1.165) is 13.0 Å². The SMILES string of the molecule is [CH2]CC=C[N]CCCCCC. The second kappa shape index (κ2) is 9.54. The van der Waals surface area contributed by atoms with E-state index in [-0.39, 0.29) is 0 Å². The van der Waals surface area contributed by atoms with E-state index in [2.05, 4.69) is 19.2 Å². The molecule has 0 amide bonds. The van der Waals surface area contributed by atoms with E-state index in [1.165, 1.54) is 25.7 Å². The van der Waals surface area contributed by atoms with Crippen LogP contribution in [-0.2, 0) is 0 Å². The first-order chi connectivity index (χ1) is 5.41. The van der Waals surface area contributed by atoms with Crippen molar-refractivity contribution in [2.24, 2.45) is 0 Å². The van der Waals surface area contributed by atoms with E-state index in [4.69, 9.17) is 0 Å². The number of hydrogen-bond donors (Lipinski definition) is 0. The Balaban J connectivity index is 2.85. The molecular formula is C10H19N. The minimum absolute atomic E-state index is 0.846. The monoisotopic (exact) mass is 153 g/mol. The number of unbranched alkanes of at least 4 members (excludes halogenated alkanes) is 3. The zero-order valence-corrected chi connectivity index (χ0v) is 7.55. The number of allylic oxidation sites excluding steroid dienone is 1. The van der Waals surface area contributed by atoms with Crippen molar-refractivity contribution in [3.05, 3.63) is 19.2 Å². The molecule has 0 rings (SSSR count). The quantitative estimate of drug-likeness (QED) is 0.499. The summed E-state index contributed by atoms with van der Waals surface area (Å²) in [6, 6.07) is 0. The predicted octanol–water partition coefficient (Wildman–Crippen LogP) is 2.91. The van der Waals surface area contributed by atoms with Gasteiger partial charge in [-0.25, -0.2) is 0 Å². The highest BCUT2D eigenvalue weighted by Gasteiger charge is 1.85. The van der Waals surface area contributed by atoms with Crippen molar-refractivity contribution in [3.8, 4) is 0 Å². The molecule has 0 N–H and O–H groups in total. The predicted molar refractivity (Wildman–Crippen MR) is 50.3 cm³/mol. The summed E-state index contributed by atoms with van der Waals surface area (Å²) >= 11 is 0. The van der Waals surface area contributed by atoms with Crippen molar-refractivity contribution in [1.82, 2.24) is 5.32 Å². The highest BCUT2D eigenvalue weighted by molar-refractivity contribution is 4.79. The summed E-state index contributed by atoms with van der Waals surface area (Å²) in [7, 11) is 0. The van der Waals surface area contributed by atoms with Crippen LogP contribution in [0.3, 0.4) is 0 Å². The molecule has 0 aliphatic heterocycles. The molecule has 0 atom stereocenters. The zero-order valence-electron chi connectivity index (χ0n) is 7.55. The van der Waals surface area contributed by atoms with E-state index in [9.17, 15) is 0 Å². The summed E-state index contributed by atoms with van der Waals surface area (Å²) in [6.07, 6.45) is 9.90. The van der Waals surface area contributed by atoms with Gasteiger partial charge in [0.2, 0.25) is 0 Å². The first-order valence-electron chi connectivity index (χ1n) is 4.52. The summed E-state index contributed by atoms with van der Waals surface area (Å²) in [5.74, 6) is 0. The zero-order chi connectivity index (χ0) is 8.36. The van der Waals surface area contributed by atoms with Crippen LogP contribution < -0.4 is 5.32 Å². The van der Waals surface area contributed by atoms with Gasteiger partial charge in [-0.15, -0.1) is 0 Å². The Morgan fingerprint density at radius 3 is 2.73 bits per heavy atom. The van der Waals surface area contributed by atoms with Gasteiger partial charge in [0.1, 0.15) is 0 Å². The molecule has 2 radical (unpaired) electrons. The normalized spacial score (nSPS) is 10.7. The van der Waals surface area contributed by atoms with Crippen LogP contribution in [0.4, 0.5) is 0 Å². The van der Waals surface area contributed by atoms with Crippen LogP contribution in [0.1, 0.15) is 39.0 Å². The number of rotatable bonds is 7. The maximum absolute atomic E-state index is 4.21. The van der Waals surface area contributed by atoms with Crippen LogP contribution in [0, 0.1) is 6.92 Å². The second-order valence-electron chi connectivity index (χ2n) is 2.64. The summed E-state index contributed by atoms with van der Waals surface area (Å²) in [6.45, 7) is 6.89. The van der Waals surface area contributed by atoms with Gasteiger partial charge >= 0.3 is 0 Å². The molecule has 64 valence electrons. The smallest absolute Gasteiger partial charge is 0.0389 e. The van der Waals surface area contributed by atoms with Crippen molar-refractivity contribution in [2.75, 3.05) is 6.54 Å². The lowest BCUT2D eigenvalue weighted by molar-refractivity contribution is 0.641. The Hall–Kier alpha value is -0.460. The molecule has 0 bridgehead atoms. The minimum Gasteiger partial charge on any atom is -0.294 e. The molecule has 1 nitrogen and oxygen atoms in total. The Bertz CT molecular complexity index is 86.9. The fourth-order valence-corrected chi connectivity index (χ4v) is 0.853. The maximum atomic E-state index is 4.21. The molecule has 1 heteroatoms. The van der Waals surface area contributed by atoms with Crippen molar-refractivity contribution in [3.63, 3.8) is 0 Å². The van der Waals surface area contributed by atoms with Crippen LogP contribution in [0.25, 0.3) is 0 Å². The van der Waals surface area contributed by atoms with Gasteiger partial charge < -0.3 is 0 Å². The highest BCUT2D eigenvalue weighted by atomic mass is 14.8. The largest absolute Gasteiger partial charge is 0.294 e. The average molecular weight is 153 g/mol. The van der Waals surface area contributed by atoms with Crippen molar-refractivity contribution in [2.45, 2.75) is 39.0 Å². The van der Waals surface area contributed by atoms with Crippen LogP contribution in [-0.4, -0.2) is 6.54 Å². The van der Waals surface area contributed by atoms with E-state index < -0.39 is 0 Å². The topological polar surface area (TPSA) is 14.1 Å². The van der Waals surface area contributed by atoms with Crippen molar-refractivity contribution < 1.29 is 0 Å². The fourth-order valence-electron chi connectivity index (χ4n) is 0.853. The summed E-state index contributed by atoms with van der Waals surface area (Å²) in [5.41, 5.74) is 0. The molecule has 0 spiro atoms. The molecule has 0 saturated heterocycles. The van der Waals surface area contributed by atoms with Crippen molar-refractivity contribution in [1.29, 1.82) is 0 Å². The van der Waals surface area contributed by atoms with Gasteiger partial charge in [-0.2, -0.15) is 0 Å². The molecule has 0 saturated carbocycles. The van der Waals surface area contributed by atoms with Gasteiger partial charge in [0.15, 0.2) is 0 Å². The third-order valence-electron chi connectivity index (χ3n) is 1.52. The standard InChI is InChI=1S/C10H19N/c1-3-5-7-8-10-11-9-6-4-2/h6,9H,2-5,7-8,10H2,1H3. The maximum Gasteiger partial charge on any atom is 0.0389 e. The van der Waals surface area contributed by atoms with Crippen LogP contribution in [0.2, 0.25) is 0 Å². The molecule has 11 heavy (non-hydrogen) atoms. The van der Waals surface area contributed by atoms with Gasteiger partial charge in [-0.3, -0.25) is 5.32 Å². The van der Waals surface area contributed by atoms with Crippen LogP contribution >= 0.6 is 0 Å². The van der Waals surface area contributed by atoms with Crippen LogP contribution in [0.15, 0.2) is 12.3 Å². The summed E-state index contributed by atoms with van der Waals surface area (Å²) < 4.78 is 0. The minimum atomic E-state index is 0.846. The Morgan fingerprint density at radius 1 is 1.27 bits per heavy atom. The van der Waals surface area contributed by atoms with Gasteiger partial charge in [0.05, 0.1) is 0 Å². The van der Waals surface area contributed by atoms with Crippen molar-refractivity contribution >= 4 is 0 Å².